The number of pyridine rings is 1. The highest BCUT2D eigenvalue weighted by atomic mass is 19.1. The predicted molar refractivity (Wildman–Crippen MR) is 58.6 cm³/mol. The number of aromatic nitrogens is 3. The van der Waals surface area contributed by atoms with E-state index in [1.54, 1.807) is 0 Å². The summed E-state index contributed by atoms with van der Waals surface area (Å²) in [5.74, 6) is -1.02. The number of halogens is 1. The van der Waals surface area contributed by atoms with Gasteiger partial charge in [0.2, 0.25) is 0 Å². The zero-order valence-corrected chi connectivity index (χ0v) is 8.59. The zero-order valence-electron chi connectivity index (χ0n) is 8.59. The molecule has 2 rings (SSSR count). The van der Waals surface area contributed by atoms with Crippen molar-refractivity contribution in [3.8, 4) is 0 Å². The van der Waals surface area contributed by atoms with Crippen molar-refractivity contribution in [3.63, 3.8) is 0 Å². The van der Waals surface area contributed by atoms with E-state index in [2.05, 4.69) is 20.3 Å². The second-order valence-corrected chi connectivity index (χ2v) is 3.13. The molecule has 0 atom stereocenters. The van der Waals surface area contributed by atoms with E-state index >= 15 is 0 Å². The monoisotopic (exact) mass is 233 g/mol. The Kier molecular flexibility index (Phi) is 2.91. The lowest BCUT2D eigenvalue weighted by Crippen LogP contribution is -2.16. The summed E-state index contributed by atoms with van der Waals surface area (Å²) in [7, 11) is 0. The Morgan fingerprint density at radius 2 is 2.12 bits per heavy atom. The van der Waals surface area contributed by atoms with E-state index in [1.807, 2.05) is 0 Å². The number of rotatable bonds is 2. The van der Waals surface area contributed by atoms with Crippen LogP contribution in [0.5, 0.6) is 0 Å². The largest absolute Gasteiger partial charge is 0.383 e. The Balaban J connectivity index is 2.23. The van der Waals surface area contributed by atoms with Crippen molar-refractivity contribution < 1.29 is 9.18 Å². The fraction of sp³-hybridized carbons (Fsp3) is 0. The highest BCUT2D eigenvalue weighted by molar-refractivity contribution is 6.06. The number of anilines is 2. The Hall–Kier alpha value is -2.57. The minimum Gasteiger partial charge on any atom is -0.383 e. The van der Waals surface area contributed by atoms with E-state index in [9.17, 15) is 9.18 Å². The molecule has 7 heteroatoms. The van der Waals surface area contributed by atoms with Gasteiger partial charge in [-0.15, -0.1) is 0 Å². The molecule has 3 N–H and O–H groups in total. The van der Waals surface area contributed by atoms with Crippen LogP contribution >= 0.6 is 0 Å². The highest BCUT2D eigenvalue weighted by Crippen LogP contribution is 2.11. The molecule has 86 valence electrons. The van der Waals surface area contributed by atoms with Crippen LogP contribution in [-0.2, 0) is 0 Å². The van der Waals surface area contributed by atoms with Crippen LogP contribution in [0.25, 0.3) is 0 Å². The lowest BCUT2D eigenvalue weighted by Gasteiger charge is -2.05. The molecule has 2 aromatic rings. The number of nitrogens with one attached hydrogen (secondary N) is 1. The standard InChI is InChI=1S/C10H8FN5O/c11-6-3-7(9(12)15-4-6)10(17)16-8-5-13-1-2-14-8/h1-5H,(H2,12,15)(H,14,16,17). The molecule has 0 radical (unpaired) electrons. The van der Waals surface area contributed by atoms with Crippen LogP contribution in [0.2, 0.25) is 0 Å². The lowest BCUT2D eigenvalue weighted by atomic mass is 10.2. The molecule has 2 aromatic heterocycles. The first-order valence-corrected chi connectivity index (χ1v) is 4.65. The molecule has 0 bridgehead atoms. The van der Waals surface area contributed by atoms with E-state index < -0.39 is 11.7 Å². The first kappa shape index (κ1) is 10.9. The number of hydrogen-bond donors (Lipinski definition) is 2. The minimum absolute atomic E-state index is 0.0457. The SMILES string of the molecule is Nc1ncc(F)cc1C(=O)Nc1cnccn1. The summed E-state index contributed by atoms with van der Waals surface area (Å²) < 4.78 is 12.9. The van der Waals surface area contributed by atoms with Crippen LogP contribution in [0.3, 0.4) is 0 Å². The van der Waals surface area contributed by atoms with E-state index in [4.69, 9.17) is 5.73 Å². The van der Waals surface area contributed by atoms with Gasteiger partial charge in [-0.3, -0.25) is 9.78 Å². The summed E-state index contributed by atoms with van der Waals surface area (Å²) in [4.78, 5) is 22.9. The van der Waals surface area contributed by atoms with Crippen molar-refractivity contribution in [2.45, 2.75) is 0 Å². The van der Waals surface area contributed by atoms with Gasteiger partial charge in [0.15, 0.2) is 5.82 Å². The van der Waals surface area contributed by atoms with Gasteiger partial charge in [0, 0.05) is 12.4 Å². The average molecular weight is 233 g/mol. The summed E-state index contributed by atoms with van der Waals surface area (Å²) in [6, 6.07) is 1.01. The fourth-order valence-electron chi connectivity index (χ4n) is 1.18. The lowest BCUT2D eigenvalue weighted by molar-refractivity contribution is 0.102. The second kappa shape index (κ2) is 4.52. The molecule has 6 nitrogen and oxygen atoms in total. The molecule has 0 aliphatic carbocycles. The molecule has 0 aromatic carbocycles. The van der Waals surface area contributed by atoms with E-state index in [0.29, 0.717) is 0 Å². The molecule has 0 fully saturated rings. The number of carbonyl (C=O) groups excluding carboxylic acids is 1. The molecule has 17 heavy (non-hydrogen) atoms. The van der Waals surface area contributed by atoms with Crippen LogP contribution in [0.1, 0.15) is 10.4 Å². The minimum atomic E-state index is -0.636. The van der Waals surface area contributed by atoms with Crippen LogP contribution in [0, 0.1) is 5.82 Å². The summed E-state index contributed by atoms with van der Waals surface area (Å²) in [5.41, 5.74) is 5.42. The van der Waals surface area contributed by atoms with Crippen molar-refractivity contribution >= 4 is 17.5 Å². The van der Waals surface area contributed by atoms with Gasteiger partial charge in [-0.25, -0.2) is 14.4 Å². The van der Waals surface area contributed by atoms with Gasteiger partial charge < -0.3 is 11.1 Å². The third-order valence-electron chi connectivity index (χ3n) is 1.93. The number of carbonyl (C=O) groups is 1. The molecule has 2 heterocycles. The van der Waals surface area contributed by atoms with Gasteiger partial charge in [-0.1, -0.05) is 0 Å². The zero-order chi connectivity index (χ0) is 12.3. The van der Waals surface area contributed by atoms with E-state index in [-0.39, 0.29) is 17.2 Å². The third kappa shape index (κ3) is 2.51. The third-order valence-corrected chi connectivity index (χ3v) is 1.93. The molecule has 0 aliphatic rings. The number of amides is 1. The van der Waals surface area contributed by atoms with Crippen LogP contribution in [-0.4, -0.2) is 20.9 Å². The number of nitrogens with zero attached hydrogens (tertiary/aromatic N) is 3. The first-order valence-electron chi connectivity index (χ1n) is 4.65. The van der Waals surface area contributed by atoms with Gasteiger partial charge in [0.1, 0.15) is 11.6 Å². The number of nitrogens with two attached hydrogens (primary N) is 1. The number of hydrogen-bond acceptors (Lipinski definition) is 5. The molecule has 0 saturated heterocycles. The summed E-state index contributed by atoms with van der Waals surface area (Å²) >= 11 is 0. The molecular weight excluding hydrogens is 225 g/mol. The van der Waals surface area contributed by atoms with Crippen molar-refractivity contribution in [2.24, 2.45) is 0 Å². The second-order valence-electron chi connectivity index (χ2n) is 3.13. The highest BCUT2D eigenvalue weighted by Gasteiger charge is 2.12. The Bertz CT molecular complexity index is 546. The van der Waals surface area contributed by atoms with Crippen molar-refractivity contribution in [3.05, 3.63) is 42.2 Å². The van der Waals surface area contributed by atoms with Crippen molar-refractivity contribution in [1.29, 1.82) is 0 Å². The topological polar surface area (TPSA) is 93.8 Å². The maximum atomic E-state index is 12.9. The van der Waals surface area contributed by atoms with Crippen molar-refractivity contribution in [2.75, 3.05) is 11.1 Å². The van der Waals surface area contributed by atoms with Crippen LogP contribution in [0.15, 0.2) is 30.9 Å². The summed E-state index contributed by atoms with van der Waals surface area (Å²) in [5, 5.41) is 2.43. The smallest absolute Gasteiger partial charge is 0.260 e. The van der Waals surface area contributed by atoms with E-state index in [0.717, 1.165) is 12.3 Å². The average Bonchev–Trinajstić information content (AvgIpc) is 2.33. The van der Waals surface area contributed by atoms with Crippen LogP contribution in [0.4, 0.5) is 16.0 Å². The van der Waals surface area contributed by atoms with Gasteiger partial charge in [0.05, 0.1) is 18.0 Å². The maximum absolute atomic E-state index is 12.9. The Morgan fingerprint density at radius 1 is 1.29 bits per heavy atom. The summed E-state index contributed by atoms with van der Waals surface area (Å²) in [6.07, 6.45) is 5.19. The van der Waals surface area contributed by atoms with Gasteiger partial charge in [-0.05, 0) is 6.07 Å². The quantitative estimate of drug-likeness (QED) is 0.801. The first-order chi connectivity index (χ1) is 8.16. The molecule has 0 aliphatic heterocycles. The van der Waals surface area contributed by atoms with Crippen molar-refractivity contribution in [1.82, 2.24) is 15.0 Å². The summed E-state index contributed by atoms with van der Waals surface area (Å²) in [6.45, 7) is 0. The van der Waals surface area contributed by atoms with Gasteiger partial charge in [-0.2, -0.15) is 0 Å². The molecule has 1 amide bonds. The molecular formula is C10H8FN5O. The van der Waals surface area contributed by atoms with Gasteiger partial charge >= 0.3 is 0 Å². The van der Waals surface area contributed by atoms with Gasteiger partial charge in [0.25, 0.3) is 5.91 Å². The van der Waals surface area contributed by atoms with Crippen LogP contribution < -0.4 is 11.1 Å². The Morgan fingerprint density at radius 3 is 2.82 bits per heavy atom. The maximum Gasteiger partial charge on any atom is 0.260 e. The Labute approximate surface area is 95.7 Å². The number of nitrogen functional groups attached to an aromatic ring is 1. The van der Waals surface area contributed by atoms with E-state index in [1.165, 1.54) is 18.6 Å². The molecule has 0 saturated carbocycles. The predicted octanol–water partition coefficient (Wildman–Crippen LogP) is 0.845. The normalized spacial score (nSPS) is 9.94. The fourth-order valence-corrected chi connectivity index (χ4v) is 1.18. The molecule has 0 unspecified atom stereocenters. The molecule has 0 spiro atoms.